The number of fused-ring (bicyclic) bond motifs is 1. The number of aliphatic hydroxyl groups is 1. The summed E-state index contributed by atoms with van der Waals surface area (Å²) in [6, 6.07) is 6.45. The van der Waals surface area contributed by atoms with E-state index in [0.29, 0.717) is 16.7 Å². The molecule has 2 rings (SSSR count). The van der Waals surface area contributed by atoms with Crippen molar-refractivity contribution in [2.75, 3.05) is 7.11 Å². The van der Waals surface area contributed by atoms with Crippen molar-refractivity contribution in [3.05, 3.63) is 46.3 Å². The van der Waals surface area contributed by atoms with Crippen LogP contribution in [0.1, 0.15) is 12.5 Å². The van der Waals surface area contributed by atoms with Gasteiger partial charge in [-0.2, -0.15) is 0 Å². The van der Waals surface area contributed by atoms with Gasteiger partial charge in [0.25, 0.3) is 0 Å². The van der Waals surface area contributed by atoms with Crippen LogP contribution in [0.3, 0.4) is 0 Å². The minimum atomic E-state index is -0.712. The summed E-state index contributed by atoms with van der Waals surface area (Å²) in [5, 5.41) is 10.3. The van der Waals surface area contributed by atoms with Gasteiger partial charge in [-0.05, 0) is 25.1 Å². The van der Waals surface area contributed by atoms with E-state index in [-0.39, 0.29) is 11.3 Å². The summed E-state index contributed by atoms with van der Waals surface area (Å²) in [6.07, 6.45) is 0.974. The van der Waals surface area contributed by atoms with Gasteiger partial charge in [0.05, 0.1) is 7.11 Å². The minimum Gasteiger partial charge on any atom is -0.507 e. The molecule has 5 heteroatoms. The molecule has 0 unspecified atom stereocenters. The predicted octanol–water partition coefficient (Wildman–Crippen LogP) is 2.29. The number of rotatable bonds is 3. The van der Waals surface area contributed by atoms with Crippen LogP contribution in [0.2, 0.25) is 0 Å². The SMILES string of the molecule is COc1ccc2cc(/C(O)=C/C(C)=O)c(=O)oc2c1. The fourth-order valence-corrected chi connectivity index (χ4v) is 1.67. The van der Waals surface area contributed by atoms with Crippen LogP contribution in [-0.2, 0) is 4.79 Å². The first-order chi connectivity index (χ1) is 9.01. The molecule has 0 spiro atoms. The van der Waals surface area contributed by atoms with Crippen molar-refractivity contribution >= 4 is 22.5 Å². The fourth-order valence-electron chi connectivity index (χ4n) is 1.67. The van der Waals surface area contributed by atoms with Crippen molar-refractivity contribution in [2.24, 2.45) is 0 Å². The molecule has 0 atom stereocenters. The number of carbonyl (C=O) groups is 1. The summed E-state index contributed by atoms with van der Waals surface area (Å²) in [7, 11) is 1.51. The summed E-state index contributed by atoms with van der Waals surface area (Å²) in [4.78, 5) is 22.6. The Morgan fingerprint density at radius 2 is 2.11 bits per heavy atom. The van der Waals surface area contributed by atoms with Crippen molar-refractivity contribution in [3.63, 3.8) is 0 Å². The summed E-state index contributed by atoms with van der Waals surface area (Å²) >= 11 is 0. The number of hydrogen-bond donors (Lipinski definition) is 1. The lowest BCUT2D eigenvalue weighted by atomic mass is 10.1. The number of carbonyl (C=O) groups excluding carboxylic acids is 1. The molecule has 0 saturated heterocycles. The van der Waals surface area contributed by atoms with Gasteiger partial charge in [0, 0.05) is 17.5 Å². The first-order valence-electron chi connectivity index (χ1n) is 5.55. The van der Waals surface area contributed by atoms with E-state index in [1.807, 2.05) is 0 Å². The van der Waals surface area contributed by atoms with E-state index in [9.17, 15) is 14.7 Å². The molecule has 0 amide bonds. The maximum Gasteiger partial charge on any atom is 0.347 e. The Bertz CT molecular complexity index is 724. The largest absolute Gasteiger partial charge is 0.507 e. The molecule has 5 nitrogen and oxygen atoms in total. The first kappa shape index (κ1) is 12.9. The third-order valence-corrected chi connectivity index (χ3v) is 2.56. The van der Waals surface area contributed by atoms with Gasteiger partial charge in [-0.1, -0.05) is 0 Å². The van der Waals surface area contributed by atoms with Crippen molar-refractivity contribution in [1.29, 1.82) is 0 Å². The maximum absolute atomic E-state index is 11.7. The average Bonchev–Trinajstić information content (AvgIpc) is 2.36. The Hall–Kier alpha value is -2.56. The molecular weight excluding hydrogens is 248 g/mol. The van der Waals surface area contributed by atoms with E-state index in [4.69, 9.17) is 9.15 Å². The highest BCUT2D eigenvalue weighted by molar-refractivity contribution is 5.94. The van der Waals surface area contributed by atoms with Gasteiger partial charge >= 0.3 is 5.63 Å². The Kier molecular flexibility index (Phi) is 3.37. The van der Waals surface area contributed by atoms with Crippen LogP contribution in [0.5, 0.6) is 5.75 Å². The molecule has 0 aliphatic carbocycles. The smallest absolute Gasteiger partial charge is 0.347 e. The van der Waals surface area contributed by atoms with E-state index in [1.165, 1.54) is 20.1 Å². The normalized spacial score (nSPS) is 11.6. The monoisotopic (exact) mass is 260 g/mol. The van der Waals surface area contributed by atoms with Crippen molar-refractivity contribution in [3.8, 4) is 5.75 Å². The second-order valence-corrected chi connectivity index (χ2v) is 3.99. The van der Waals surface area contributed by atoms with Gasteiger partial charge in [0.1, 0.15) is 22.7 Å². The molecular formula is C14H12O5. The maximum atomic E-state index is 11.7. The highest BCUT2D eigenvalue weighted by Crippen LogP contribution is 2.21. The number of methoxy groups -OCH3 is 1. The fraction of sp³-hybridized carbons (Fsp3) is 0.143. The minimum absolute atomic E-state index is 0.0483. The Balaban J connectivity index is 2.63. The van der Waals surface area contributed by atoms with Crippen LogP contribution in [-0.4, -0.2) is 18.0 Å². The molecule has 0 fully saturated rings. The number of benzene rings is 1. The molecule has 2 aromatic rings. The molecule has 1 aromatic heterocycles. The molecule has 0 aliphatic heterocycles. The van der Waals surface area contributed by atoms with Crippen LogP contribution in [0.25, 0.3) is 16.7 Å². The highest BCUT2D eigenvalue weighted by Gasteiger charge is 2.10. The molecule has 19 heavy (non-hydrogen) atoms. The lowest BCUT2D eigenvalue weighted by molar-refractivity contribution is -0.112. The Labute approximate surface area is 108 Å². The average molecular weight is 260 g/mol. The van der Waals surface area contributed by atoms with E-state index in [2.05, 4.69) is 0 Å². The number of ketones is 1. The van der Waals surface area contributed by atoms with Gasteiger partial charge in [-0.3, -0.25) is 4.79 Å². The topological polar surface area (TPSA) is 76.7 Å². The lowest BCUT2D eigenvalue weighted by Crippen LogP contribution is -2.07. The van der Waals surface area contributed by atoms with Gasteiger partial charge in [-0.25, -0.2) is 4.79 Å². The number of aliphatic hydroxyl groups excluding tert-OH is 1. The highest BCUT2D eigenvalue weighted by atomic mass is 16.5. The van der Waals surface area contributed by atoms with Crippen LogP contribution in [0.4, 0.5) is 0 Å². The van der Waals surface area contributed by atoms with Gasteiger partial charge < -0.3 is 14.3 Å². The lowest BCUT2D eigenvalue weighted by Gasteiger charge is -2.03. The second-order valence-electron chi connectivity index (χ2n) is 3.99. The zero-order chi connectivity index (χ0) is 14.0. The standard InChI is InChI=1S/C14H12O5/c1-8(15)5-12(16)11-6-9-3-4-10(18-2)7-13(9)19-14(11)17/h3-7,16H,1-2H3/b12-5-. The van der Waals surface area contributed by atoms with Crippen LogP contribution in [0.15, 0.2) is 39.6 Å². The van der Waals surface area contributed by atoms with Gasteiger partial charge in [0.2, 0.25) is 0 Å². The summed E-state index contributed by atoms with van der Waals surface area (Å²) in [6.45, 7) is 1.28. The predicted molar refractivity (Wildman–Crippen MR) is 70.3 cm³/mol. The molecule has 1 aromatic carbocycles. The quantitative estimate of drug-likeness (QED) is 0.520. The van der Waals surface area contributed by atoms with Crippen molar-refractivity contribution < 1.29 is 19.1 Å². The molecule has 1 N–H and O–H groups in total. The van der Waals surface area contributed by atoms with E-state index in [1.54, 1.807) is 18.2 Å². The molecule has 1 heterocycles. The zero-order valence-electron chi connectivity index (χ0n) is 10.5. The van der Waals surface area contributed by atoms with Crippen molar-refractivity contribution in [1.82, 2.24) is 0 Å². The first-order valence-corrected chi connectivity index (χ1v) is 5.55. The summed E-state index contributed by atoms with van der Waals surface area (Å²) in [5.41, 5.74) is -0.410. The molecule has 0 bridgehead atoms. The zero-order valence-corrected chi connectivity index (χ0v) is 10.5. The third kappa shape index (κ3) is 2.65. The van der Waals surface area contributed by atoms with Crippen molar-refractivity contribution in [2.45, 2.75) is 6.92 Å². The van der Waals surface area contributed by atoms with E-state index in [0.717, 1.165) is 6.08 Å². The van der Waals surface area contributed by atoms with E-state index >= 15 is 0 Å². The second kappa shape index (κ2) is 4.97. The molecule has 0 radical (unpaired) electrons. The van der Waals surface area contributed by atoms with Crippen LogP contribution < -0.4 is 10.4 Å². The number of allylic oxidation sites excluding steroid dienone is 1. The van der Waals surface area contributed by atoms with Gasteiger partial charge in [-0.15, -0.1) is 0 Å². The summed E-state index contributed by atoms with van der Waals surface area (Å²) in [5.74, 6) is -0.197. The van der Waals surface area contributed by atoms with Crippen LogP contribution >= 0.6 is 0 Å². The Morgan fingerprint density at radius 1 is 1.37 bits per heavy atom. The van der Waals surface area contributed by atoms with E-state index < -0.39 is 11.4 Å². The number of hydrogen-bond acceptors (Lipinski definition) is 5. The van der Waals surface area contributed by atoms with Crippen LogP contribution in [0, 0.1) is 0 Å². The third-order valence-electron chi connectivity index (χ3n) is 2.56. The molecule has 98 valence electrons. The van der Waals surface area contributed by atoms with Gasteiger partial charge in [0.15, 0.2) is 5.78 Å². The number of ether oxygens (including phenoxy) is 1. The summed E-state index contributed by atoms with van der Waals surface area (Å²) < 4.78 is 10.1. The molecule has 0 saturated carbocycles. The Morgan fingerprint density at radius 3 is 2.74 bits per heavy atom. The molecule has 0 aliphatic rings.